The lowest BCUT2D eigenvalue weighted by Gasteiger charge is -2.26. The Bertz CT molecular complexity index is 536. The highest BCUT2D eigenvalue weighted by molar-refractivity contribution is 7.89. The quantitative estimate of drug-likeness (QED) is 0.850. The van der Waals surface area contributed by atoms with Gasteiger partial charge < -0.3 is 0 Å². The molecule has 0 amide bonds. The minimum Gasteiger partial charge on any atom is -0.211 e. The first kappa shape index (κ1) is 14.8. The van der Waals surface area contributed by atoms with E-state index in [9.17, 15) is 8.42 Å². The van der Waals surface area contributed by atoms with Gasteiger partial charge in [-0.2, -0.15) is 0 Å². The van der Waals surface area contributed by atoms with Crippen molar-refractivity contribution >= 4 is 21.6 Å². The van der Waals surface area contributed by atoms with Crippen LogP contribution in [0, 0.1) is 12.3 Å². The topological polar surface area (TPSA) is 46.2 Å². The van der Waals surface area contributed by atoms with E-state index in [4.69, 9.17) is 11.6 Å². The summed E-state index contributed by atoms with van der Waals surface area (Å²) in [5, 5.41) is 0. The first-order chi connectivity index (χ1) is 8.97. The summed E-state index contributed by atoms with van der Waals surface area (Å²) in [5.74, 6) is 0.517. The summed E-state index contributed by atoms with van der Waals surface area (Å²) in [7, 11) is -3.43. The second-order valence-electron chi connectivity index (χ2n) is 5.48. The third kappa shape index (κ3) is 3.50. The molecule has 1 fully saturated rings. The van der Waals surface area contributed by atoms with Crippen LogP contribution in [0.25, 0.3) is 0 Å². The van der Waals surface area contributed by atoms with E-state index in [0.717, 1.165) is 31.2 Å². The number of hydrogen-bond acceptors (Lipinski definition) is 2. The van der Waals surface area contributed by atoms with Crippen molar-refractivity contribution in [3.63, 3.8) is 0 Å². The molecular weight excluding hydrogens is 282 g/mol. The summed E-state index contributed by atoms with van der Waals surface area (Å²) in [5.41, 5.74) is 0.883. The van der Waals surface area contributed by atoms with Gasteiger partial charge in [-0.15, -0.1) is 11.6 Å². The number of halogens is 1. The van der Waals surface area contributed by atoms with Crippen LogP contribution in [0.3, 0.4) is 0 Å². The van der Waals surface area contributed by atoms with Gasteiger partial charge in [-0.25, -0.2) is 13.1 Å². The van der Waals surface area contributed by atoms with Gasteiger partial charge in [0.2, 0.25) is 10.0 Å². The molecule has 1 saturated carbocycles. The van der Waals surface area contributed by atoms with Crippen LogP contribution in [0.4, 0.5) is 0 Å². The first-order valence-corrected chi connectivity index (χ1v) is 8.62. The number of aryl methyl sites for hydroxylation is 1. The molecule has 2 rings (SSSR count). The lowest BCUT2D eigenvalue weighted by molar-refractivity contribution is 0.342. The smallest absolute Gasteiger partial charge is 0.211 e. The Morgan fingerprint density at radius 1 is 1.32 bits per heavy atom. The van der Waals surface area contributed by atoms with Crippen LogP contribution < -0.4 is 4.72 Å². The number of sulfonamides is 1. The largest absolute Gasteiger partial charge is 0.240 e. The molecule has 1 aromatic rings. The Kier molecular flexibility index (Phi) is 4.54. The maximum absolute atomic E-state index is 12.2. The zero-order chi connectivity index (χ0) is 13.9. The zero-order valence-electron chi connectivity index (χ0n) is 11.2. The van der Waals surface area contributed by atoms with Gasteiger partial charge in [-0.3, -0.25) is 0 Å². The Balaban J connectivity index is 2.09. The maximum atomic E-state index is 12.2. The predicted molar refractivity (Wildman–Crippen MR) is 78.0 cm³/mol. The van der Waals surface area contributed by atoms with Crippen molar-refractivity contribution < 1.29 is 8.42 Å². The van der Waals surface area contributed by atoms with Crippen LogP contribution in [-0.4, -0.2) is 20.8 Å². The lowest BCUT2D eigenvalue weighted by Crippen LogP contribution is -2.37. The van der Waals surface area contributed by atoms with E-state index in [1.165, 1.54) is 0 Å². The van der Waals surface area contributed by atoms with Crippen molar-refractivity contribution in [2.24, 2.45) is 5.41 Å². The van der Waals surface area contributed by atoms with Crippen LogP contribution in [0.15, 0.2) is 29.2 Å². The molecule has 5 heteroatoms. The van der Waals surface area contributed by atoms with Crippen molar-refractivity contribution in [2.75, 3.05) is 12.4 Å². The van der Waals surface area contributed by atoms with Gasteiger partial charge in [0.25, 0.3) is 0 Å². The molecule has 1 aliphatic carbocycles. The second-order valence-corrected chi connectivity index (χ2v) is 7.52. The summed E-state index contributed by atoms with van der Waals surface area (Å²) >= 11 is 6.03. The van der Waals surface area contributed by atoms with Gasteiger partial charge in [0.05, 0.1) is 4.90 Å². The molecule has 1 N–H and O–H groups in total. The molecule has 3 nitrogen and oxygen atoms in total. The molecule has 0 aromatic heterocycles. The fourth-order valence-electron chi connectivity index (χ4n) is 2.60. The highest BCUT2D eigenvalue weighted by Gasteiger charge is 2.34. The average molecular weight is 302 g/mol. The molecule has 0 aliphatic heterocycles. The van der Waals surface area contributed by atoms with Crippen molar-refractivity contribution in [3.8, 4) is 0 Å². The zero-order valence-corrected chi connectivity index (χ0v) is 12.7. The SMILES string of the molecule is Cc1cccc(S(=O)(=O)NCC2(CCl)CCCC2)c1. The minimum absolute atomic E-state index is 0.0571. The predicted octanol–water partition coefficient (Wildman–Crippen LogP) is 3.07. The van der Waals surface area contributed by atoms with Gasteiger partial charge in [-0.05, 0) is 42.9 Å². The molecule has 0 atom stereocenters. The number of alkyl halides is 1. The van der Waals surface area contributed by atoms with Gasteiger partial charge in [-0.1, -0.05) is 25.0 Å². The molecule has 19 heavy (non-hydrogen) atoms. The minimum atomic E-state index is -3.43. The monoisotopic (exact) mass is 301 g/mol. The molecule has 1 aromatic carbocycles. The number of benzene rings is 1. The summed E-state index contributed by atoms with van der Waals surface area (Å²) in [6.45, 7) is 2.32. The Morgan fingerprint density at radius 2 is 2.00 bits per heavy atom. The Morgan fingerprint density at radius 3 is 2.58 bits per heavy atom. The fraction of sp³-hybridized carbons (Fsp3) is 0.571. The van der Waals surface area contributed by atoms with E-state index in [1.54, 1.807) is 18.2 Å². The second kappa shape index (κ2) is 5.81. The highest BCUT2D eigenvalue weighted by Crippen LogP contribution is 2.38. The lowest BCUT2D eigenvalue weighted by atomic mass is 9.89. The molecule has 106 valence electrons. The van der Waals surface area contributed by atoms with Crippen molar-refractivity contribution in [1.82, 2.24) is 4.72 Å². The van der Waals surface area contributed by atoms with E-state index in [-0.39, 0.29) is 5.41 Å². The fourth-order valence-corrected chi connectivity index (χ4v) is 4.22. The summed E-state index contributed by atoms with van der Waals surface area (Å²) in [6.07, 6.45) is 4.29. The van der Waals surface area contributed by atoms with Crippen LogP contribution in [0.2, 0.25) is 0 Å². The van der Waals surface area contributed by atoms with Crippen LogP contribution >= 0.6 is 11.6 Å². The van der Waals surface area contributed by atoms with Crippen molar-refractivity contribution in [1.29, 1.82) is 0 Å². The first-order valence-electron chi connectivity index (χ1n) is 6.60. The Labute approximate surface area is 120 Å². The summed E-state index contributed by atoms with van der Waals surface area (Å²) in [6, 6.07) is 6.95. The molecule has 1 aliphatic rings. The molecule has 0 spiro atoms. The molecule has 0 radical (unpaired) electrons. The van der Waals surface area contributed by atoms with E-state index < -0.39 is 10.0 Å². The van der Waals surface area contributed by atoms with E-state index >= 15 is 0 Å². The standard InChI is InChI=1S/C14H20ClNO2S/c1-12-5-4-6-13(9-12)19(17,18)16-11-14(10-15)7-2-3-8-14/h4-6,9,16H,2-3,7-8,10-11H2,1H3. The third-order valence-corrected chi connectivity index (χ3v) is 5.85. The molecule has 0 saturated heterocycles. The maximum Gasteiger partial charge on any atom is 0.240 e. The van der Waals surface area contributed by atoms with E-state index in [1.807, 2.05) is 13.0 Å². The van der Waals surface area contributed by atoms with Crippen molar-refractivity contribution in [2.45, 2.75) is 37.5 Å². The van der Waals surface area contributed by atoms with E-state index in [2.05, 4.69) is 4.72 Å². The number of nitrogens with one attached hydrogen (secondary N) is 1. The molecule has 0 heterocycles. The van der Waals surface area contributed by atoms with Gasteiger partial charge >= 0.3 is 0 Å². The summed E-state index contributed by atoms with van der Waals surface area (Å²) in [4.78, 5) is 0.329. The Hall–Kier alpha value is -0.580. The molecule has 0 bridgehead atoms. The summed E-state index contributed by atoms with van der Waals surface area (Å²) < 4.78 is 27.2. The van der Waals surface area contributed by atoms with Crippen molar-refractivity contribution in [3.05, 3.63) is 29.8 Å². The van der Waals surface area contributed by atoms with Gasteiger partial charge in [0, 0.05) is 12.4 Å². The van der Waals surface area contributed by atoms with Crippen LogP contribution in [0.1, 0.15) is 31.2 Å². The van der Waals surface area contributed by atoms with Gasteiger partial charge in [0.15, 0.2) is 0 Å². The molecule has 0 unspecified atom stereocenters. The van der Waals surface area contributed by atoms with Crippen LogP contribution in [0.5, 0.6) is 0 Å². The molecular formula is C14H20ClNO2S. The normalized spacial score (nSPS) is 18.6. The average Bonchev–Trinajstić information content (AvgIpc) is 2.86. The number of rotatable bonds is 5. The van der Waals surface area contributed by atoms with Gasteiger partial charge in [0.1, 0.15) is 0 Å². The van der Waals surface area contributed by atoms with Crippen LogP contribution in [-0.2, 0) is 10.0 Å². The highest BCUT2D eigenvalue weighted by atomic mass is 35.5. The third-order valence-electron chi connectivity index (χ3n) is 3.88. The number of hydrogen-bond donors (Lipinski definition) is 1. The van der Waals surface area contributed by atoms with E-state index in [0.29, 0.717) is 17.3 Å².